The molecule has 0 aliphatic heterocycles. The molecule has 0 radical (unpaired) electrons. The first kappa shape index (κ1) is 16.0. The molecular formula is C14H5F7O. The first-order chi connectivity index (χ1) is 10.2. The Balaban J connectivity index is 2.83. The molecule has 0 aromatic heterocycles. The standard InChI is InChI=1S/C14H5F7O/c15-9-8(10(16)12(18)13(19)11(9)17)14(20,21)7-4-2-1-3-6(7)5-22/h1-5H. The highest BCUT2D eigenvalue weighted by Gasteiger charge is 2.44. The minimum absolute atomic E-state index is 0.0186. The van der Waals surface area contributed by atoms with Crippen LogP contribution in [0.2, 0.25) is 0 Å². The largest absolute Gasteiger partial charge is 0.305 e. The SMILES string of the molecule is O=Cc1ccccc1C(F)(F)c1c(F)c(F)c(F)c(F)c1F. The molecule has 0 aliphatic carbocycles. The minimum atomic E-state index is -4.60. The number of hydrogen-bond donors (Lipinski definition) is 0. The Labute approximate surface area is 119 Å². The lowest BCUT2D eigenvalue weighted by molar-refractivity contribution is 0.0316. The van der Waals surface area contributed by atoms with E-state index in [1.165, 1.54) is 6.07 Å². The minimum Gasteiger partial charge on any atom is -0.298 e. The van der Waals surface area contributed by atoms with E-state index in [4.69, 9.17) is 0 Å². The Morgan fingerprint density at radius 1 is 0.773 bits per heavy atom. The number of rotatable bonds is 3. The highest BCUT2D eigenvalue weighted by Crippen LogP contribution is 2.41. The lowest BCUT2D eigenvalue weighted by Gasteiger charge is -2.20. The van der Waals surface area contributed by atoms with Crippen LogP contribution in [-0.2, 0) is 5.92 Å². The first-order valence-corrected chi connectivity index (χ1v) is 5.67. The molecule has 0 fully saturated rings. The van der Waals surface area contributed by atoms with Gasteiger partial charge in [0, 0.05) is 11.1 Å². The van der Waals surface area contributed by atoms with Crippen LogP contribution in [0.3, 0.4) is 0 Å². The molecule has 0 N–H and O–H groups in total. The molecule has 0 bridgehead atoms. The fourth-order valence-corrected chi connectivity index (χ4v) is 1.90. The number of carbonyl (C=O) groups excluding carboxylic acids is 1. The monoisotopic (exact) mass is 322 g/mol. The van der Waals surface area contributed by atoms with E-state index in [1.807, 2.05) is 0 Å². The predicted octanol–water partition coefficient (Wildman–Crippen LogP) is 4.33. The molecule has 2 aromatic carbocycles. The van der Waals surface area contributed by atoms with Crippen LogP contribution in [0.15, 0.2) is 24.3 Å². The summed E-state index contributed by atoms with van der Waals surface area (Å²) in [7, 11) is 0. The zero-order chi connectivity index (χ0) is 16.7. The van der Waals surface area contributed by atoms with E-state index in [9.17, 15) is 35.5 Å². The molecule has 22 heavy (non-hydrogen) atoms. The van der Waals surface area contributed by atoms with Crippen molar-refractivity contribution in [3.05, 3.63) is 70.0 Å². The smallest absolute Gasteiger partial charge is 0.298 e. The third-order valence-electron chi connectivity index (χ3n) is 2.95. The van der Waals surface area contributed by atoms with Crippen LogP contribution in [0.25, 0.3) is 0 Å². The van der Waals surface area contributed by atoms with Gasteiger partial charge in [-0.05, 0) is 0 Å². The molecule has 2 rings (SSSR count). The summed E-state index contributed by atoms with van der Waals surface area (Å²) < 4.78 is 94.6. The van der Waals surface area contributed by atoms with Crippen LogP contribution in [0.5, 0.6) is 0 Å². The maximum absolute atomic E-state index is 14.3. The topological polar surface area (TPSA) is 17.1 Å². The van der Waals surface area contributed by atoms with Crippen LogP contribution in [0, 0.1) is 29.1 Å². The summed E-state index contributed by atoms with van der Waals surface area (Å²) in [6, 6.07) is 3.80. The zero-order valence-corrected chi connectivity index (χ0v) is 10.4. The molecule has 8 heteroatoms. The Morgan fingerprint density at radius 3 is 1.73 bits per heavy atom. The fourth-order valence-electron chi connectivity index (χ4n) is 1.90. The number of alkyl halides is 2. The second kappa shape index (κ2) is 5.43. The summed E-state index contributed by atoms with van der Waals surface area (Å²) in [6.45, 7) is 0. The summed E-state index contributed by atoms with van der Waals surface area (Å²) in [5.74, 6) is -17.4. The summed E-state index contributed by atoms with van der Waals surface area (Å²) >= 11 is 0. The molecule has 1 nitrogen and oxygen atoms in total. The number of halogens is 7. The molecule has 2 aromatic rings. The van der Waals surface area contributed by atoms with E-state index in [2.05, 4.69) is 0 Å². The maximum Gasteiger partial charge on any atom is 0.305 e. The van der Waals surface area contributed by atoms with Gasteiger partial charge in [-0.25, -0.2) is 22.0 Å². The summed E-state index contributed by atoms with van der Waals surface area (Å²) in [4.78, 5) is 10.7. The molecule has 116 valence electrons. The maximum atomic E-state index is 14.3. The van der Waals surface area contributed by atoms with E-state index in [1.54, 1.807) is 0 Å². The Kier molecular flexibility index (Phi) is 3.95. The summed E-state index contributed by atoms with van der Waals surface area (Å²) in [6.07, 6.45) is -0.0186. The van der Waals surface area contributed by atoms with Gasteiger partial charge < -0.3 is 0 Å². The number of hydrogen-bond acceptors (Lipinski definition) is 1. The van der Waals surface area contributed by atoms with Crippen molar-refractivity contribution in [3.8, 4) is 0 Å². The van der Waals surface area contributed by atoms with Gasteiger partial charge in [0.15, 0.2) is 29.6 Å². The van der Waals surface area contributed by atoms with Crippen molar-refractivity contribution in [2.45, 2.75) is 5.92 Å². The molecule has 0 atom stereocenters. The summed E-state index contributed by atoms with van der Waals surface area (Å²) in [5, 5.41) is 0. The number of aldehydes is 1. The molecule has 0 heterocycles. The van der Waals surface area contributed by atoms with E-state index in [0.29, 0.717) is 6.07 Å². The van der Waals surface area contributed by atoms with E-state index in [-0.39, 0.29) is 6.29 Å². The van der Waals surface area contributed by atoms with Crippen molar-refractivity contribution in [1.82, 2.24) is 0 Å². The lowest BCUT2D eigenvalue weighted by atomic mass is 9.95. The average molecular weight is 322 g/mol. The van der Waals surface area contributed by atoms with E-state index in [0.717, 1.165) is 12.1 Å². The Bertz CT molecular complexity index is 726. The van der Waals surface area contributed by atoms with Crippen LogP contribution in [0.4, 0.5) is 30.7 Å². The third-order valence-corrected chi connectivity index (χ3v) is 2.95. The van der Waals surface area contributed by atoms with E-state index < -0.39 is 51.7 Å². The van der Waals surface area contributed by atoms with Gasteiger partial charge in [-0.1, -0.05) is 24.3 Å². The molecule has 0 saturated heterocycles. The molecular weight excluding hydrogens is 317 g/mol. The van der Waals surface area contributed by atoms with Crippen LogP contribution in [0.1, 0.15) is 21.5 Å². The van der Waals surface area contributed by atoms with Gasteiger partial charge in [-0.2, -0.15) is 8.78 Å². The average Bonchev–Trinajstić information content (AvgIpc) is 2.50. The zero-order valence-electron chi connectivity index (χ0n) is 10.4. The first-order valence-electron chi connectivity index (χ1n) is 5.67. The van der Waals surface area contributed by atoms with Crippen LogP contribution >= 0.6 is 0 Å². The van der Waals surface area contributed by atoms with Crippen molar-refractivity contribution >= 4 is 6.29 Å². The molecule has 0 unspecified atom stereocenters. The molecule has 0 spiro atoms. The van der Waals surface area contributed by atoms with Gasteiger partial charge >= 0.3 is 5.92 Å². The van der Waals surface area contributed by atoms with Crippen molar-refractivity contribution in [2.24, 2.45) is 0 Å². The number of benzene rings is 2. The van der Waals surface area contributed by atoms with Gasteiger partial charge in [0.2, 0.25) is 5.82 Å². The van der Waals surface area contributed by atoms with Crippen LogP contribution in [-0.4, -0.2) is 6.29 Å². The van der Waals surface area contributed by atoms with Crippen molar-refractivity contribution < 1.29 is 35.5 Å². The van der Waals surface area contributed by atoms with Crippen molar-refractivity contribution in [2.75, 3.05) is 0 Å². The molecule has 0 amide bonds. The van der Waals surface area contributed by atoms with Crippen molar-refractivity contribution in [3.63, 3.8) is 0 Å². The lowest BCUT2D eigenvalue weighted by Crippen LogP contribution is -2.23. The van der Waals surface area contributed by atoms with Gasteiger partial charge in [0.05, 0.1) is 0 Å². The summed E-state index contributed by atoms with van der Waals surface area (Å²) in [5.41, 5.74) is -4.12. The second-order valence-electron chi connectivity index (χ2n) is 4.22. The fraction of sp³-hybridized carbons (Fsp3) is 0.0714. The third kappa shape index (κ3) is 2.24. The normalized spacial score (nSPS) is 11.6. The predicted molar refractivity (Wildman–Crippen MR) is 61.1 cm³/mol. The van der Waals surface area contributed by atoms with Gasteiger partial charge in [-0.15, -0.1) is 0 Å². The van der Waals surface area contributed by atoms with Gasteiger partial charge in [-0.3, -0.25) is 4.79 Å². The highest BCUT2D eigenvalue weighted by molar-refractivity contribution is 5.78. The quantitative estimate of drug-likeness (QED) is 0.356. The van der Waals surface area contributed by atoms with E-state index >= 15 is 0 Å². The molecule has 0 saturated carbocycles. The highest BCUT2D eigenvalue weighted by atomic mass is 19.3. The Hall–Kier alpha value is -2.38. The van der Waals surface area contributed by atoms with Crippen molar-refractivity contribution in [1.29, 1.82) is 0 Å². The second-order valence-corrected chi connectivity index (χ2v) is 4.22. The van der Waals surface area contributed by atoms with Crippen LogP contribution < -0.4 is 0 Å². The van der Waals surface area contributed by atoms with Gasteiger partial charge in [0.1, 0.15) is 5.56 Å². The Morgan fingerprint density at radius 2 is 1.23 bits per heavy atom. The number of carbonyl (C=O) groups is 1. The van der Waals surface area contributed by atoms with Gasteiger partial charge in [0.25, 0.3) is 0 Å². The molecule has 0 aliphatic rings.